The molecule has 8 aromatic rings. The highest BCUT2D eigenvalue weighted by Crippen LogP contribution is 2.45. The lowest BCUT2D eigenvalue weighted by Crippen LogP contribution is -2.24. The van der Waals surface area contributed by atoms with Crippen molar-refractivity contribution in [1.82, 2.24) is 0 Å². The van der Waals surface area contributed by atoms with Gasteiger partial charge in [-0.1, -0.05) is 132 Å². The second-order valence-electron chi connectivity index (χ2n) is 25.6. The third-order valence-electron chi connectivity index (χ3n) is 15.0. The molecular weight excluding hydrogens is 1000 g/mol. The van der Waals surface area contributed by atoms with Crippen molar-refractivity contribution in [3.05, 3.63) is 256 Å². The maximum Gasteiger partial charge on any atom is 0.180 e. The van der Waals surface area contributed by atoms with Crippen molar-refractivity contribution in [3.63, 3.8) is 0 Å². The monoisotopic (exact) mass is 1080 g/mol. The molecule has 9 rings (SSSR count). The van der Waals surface area contributed by atoms with E-state index >= 15 is 0 Å². The molecule has 0 saturated carbocycles. The Kier molecular flexibility index (Phi) is 16.0. The summed E-state index contributed by atoms with van der Waals surface area (Å²) in [6, 6.07) is 32.6. The van der Waals surface area contributed by atoms with E-state index in [0.717, 1.165) is 131 Å². The zero-order chi connectivity index (χ0) is 57.3. The molecule has 1 aliphatic rings. The Bertz CT molecular complexity index is 2930. The second-order valence-corrected chi connectivity index (χ2v) is 25.6. The van der Waals surface area contributed by atoms with Crippen LogP contribution in [0.5, 0.6) is 23.0 Å². The summed E-state index contributed by atoms with van der Waals surface area (Å²) in [5, 5.41) is 49.2. The first-order valence-corrected chi connectivity index (χ1v) is 27.6. The fourth-order valence-corrected chi connectivity index (χ4v) is 10.1. The molecule has 12 nitrogen and oxygen atoms in total. The molecule has 0 aliphatic heterocycles. The summed E-state index contributed by atoms with van der Waals surface area (Å²) in [5.41, 5.74) is 14.5. The highest BCUT2D eigenvalue weighted by molar-refractivity contribution is 5.60. The van der Waals surface area contributed by atoms with Crippen molar-refractivity contribution < 1.29 is 37.9 Å². The van der Waals surface area contributed by atoms with Crippen molar-refractivity contribution >= 4 is 0 Å². The lowest BCUT2D eigenvalue weighted by molar-refractivity contribution is -0.605. The lowest BCUT2D eigenvalue weighted by atomic mass is 9.79. The molecule has 80 heavy (non-hydrogen) atoms. The lowest BCUT2D eigenvalue weighted by Gasteiger charge is -2.29. The molecule has 0 amide bonds. The Hall–Kier alpha value is -8.12. The van der Waals surface area contributed by atoms with E-state index in [2.05, 4.69) is 132 Å². The summed E-state index contributed by atoms with van der Waals surface area (Å²) < 4.78 is 31.8. The van der Waals surface area contributed by atoms with Crippen molar-refractivity contribution in [2.24, 2.45) is 0 Å². The van der Waals surface area contributed by atoms with Gasteiger partial charge in [0.1, 0.15) is 49.4 Å². The Labute approximate surface area is 472 Å². The largest absolute Gasteiger partial charge is 0.619 e. The number of nitrogens with zero attached hydrogens (tertiary/aromatic N) is 4. The van der Waals surface area contributed by atoms with Gasteiger partial charge in [0.15, 0.2) is 49.6 Å². The highest BCUT2D eigenvalue weighted by Gasteiger charge is 2.30. The van der Waals surface area contributed by atoms with Crippen molar-refractivity contribution in [3.8, 4) is 23.0 Å². The van der Waals surface area contributed by atoms with Crippen LogP contribution in [0.2, 0.25) is 0 Å². The van der Waals surface area contributed by atoms with Crippen LogP contribution in [0.15, 0.2) is 147 Å². The van der Waals surface area contributed by atoms with E-state index in [1.165, 1.54) is 49.6 Å². The van der Waals surface area contributed by atoms with Gasteiger partial charge in [0.25, 0.3) is 0 Å². The standard InChI is InChI=1S/C68H76N4O8/c1-65(2,3)57-33-49-29-51-35-58(66(4,5)6)37-53(62(51)78-42-46-15-23-70(74)24-16-46)31-55-39-60(68(10,11)12)40-56(64(55)80-44-48-19-27-72(76)28-20-48)32-54-38-59(67(7,8)9)36-52(63(54)79-43-47-17-25-71(75)26-18-47)30-50(34-57)61(49)77-41-45-13-21-69(73)22-14-45/h13-28,33-40H,29-32,41-44H2,1-12H3. The van der Waals surface area contributed by atoms with Crippen molar-refractivity contribution in [1.29, 1.82) is 0 Å². The molecular formula is C68H76N4O8. The first kappa shape index (κ1) is 56.6. The minimum absolute atomic E-state index is 0.206. The number of hydrogen-bond acceptors (Lipinski definition) is 8. The second kappa shape index (κ2) is 22.6. The number of hydrogen-bond donors (Lipinski definition) is 0. The van der Waals surface area contributed by atoms with Crippen LogP contribution in [0.3, 0.4) is 0 Å². The Morgan fingerprint density at radius 2 is 0.438 bits per heavy atom. The van der Waals surface area contributed by atoms with Gasteiger partial charge in [0, 0.05) is 96.5 Å². The molecule has 416 valence electrons. The number of fused-ring (bicyclic) bond motifs is 8. The van der Waals surface area contributed by atoms with Gasteiger partial charge in [-0.2, -0.15) is 18.9 Å². The van der Waals surface area contributed by atoms with Crippen LogP contribution in [0, 0.1) is 20.8 Å². The molecule has 12 heteroatoms. The average Bonchev–Trinajstić information content (AvgIpc) is 3.45. The minimum atomic E-state index is -0.281. The molecule has 0 fully saturated rings. The van der Waals surface area contributed by atoms with E-state index in [0.29, 0.717) is 25.7 Å². The molecule has 0 radical (unpaired) electrons. The molecule has 0 N–H and O–H groups in total. The molecule has 0 unspecified atom stereocenters. The number of rotatable bonds is 12. The fraction of sp³-hybridized carbons (Fsp3) is 0.353. The van der Waals surface area contributed by atoms with Gasteiger partial charge in [-0.25, -0.2) is 0 Å². The van der Waals surface area contributed by atoms with E-state index in [4.69, 9.17) is 18.9 Å². The molecule has 8 bridgehead atoms. The van der Waals surface area contributed by atoms with E-state index in [1.54, 1.807) is 48.5 Å². The Morgan fingerprint density at radius 1 is 0.287 bits per heavy atom. The predicted molar refractivity (Wildman–Crippen MR) is 311 cm³/mol. The van der Waals surface area contributed by atoms with E-state index in [9.17, 15) is 20.8 Å². The summed E-state index contributed by atoms with van der Waals surface area (Å²) in [4.78, 5) is 0. The number of pyridine rings is 4. The summed E-state index contributed by atoms with van der Waals surface area (Å²) >= 11 is 0. The third-order valence-corrected chi connectivity index (χ3v) is 15.0. The average molecular weight is 1080 g/mol. The Morgan fingerprint density at radius 3 is 0.575 bits per heavy atom. The number of benzene rings is 4. The van der Waals surface area contributed by atoms with Crippen LogP contribution >= 0.6 is 0 Å². The van der Waals surface area contributed by atoms with Crippen LogP contribution in [-0.4, -0.2) is 0 Å². The van der Waals surface area contributed by atoms with Gasteiger partial charge in [-0.15, -0.1) is 0 Å². The normalized spacial score (nSPS) is 12.9. The van der Waals surface area contributed by atoms with E-state index in [-0.39, 0.29) is 48.1 Å². The summed E-state index contributed by atoms with van der Waals surface area (Å²) in [6.45, 7) is 27.6. The van der Waals surface area contributed by atoms with Crippen LogP contribution in [-0.2, 0) is 73.8 Å². The van der Waals surface area contributed by atoms with Crippen LogP contribution in [0.1, 0.15) is 172 Å². The highest BCUT2D eigenvalue weighted by atomic mass is 16.5. The smallest absolute Gasteiger partial charge is 0.180 e. The summed E-state index contributed by atoms with van der Waals surface area (Å²) in [7, 11) is 0. The maximum absolute atomic E-state index is 12.3. The zero-order valence-corrected chi connectivity index (χ0v) is 48.6. The minimum Gasteiger partial charge on any atom is -0.619 e. The number of ether oxygens (including phenoxy) is 4. The van der Waals surface area contributed by atoms with Gasteiger partial charge in [0.05, 0.1) is 0 Å². The van der Waals surface area contributed by atoms with Crippen molar-refractivity contribution in [2.45, 2.75) is 157 Å². The fourth-order valence-electron chi connectivity index (χ4n) is 10.1. The summed E-state index contributed by atoms with van der Waals surface area (Å²) in [6.07, 6.45) is 13.7. The van der Waals surface area contributed by atoms with Gasteiger partial charge in [0.2, 0.25) is 0 Å². The molecule has 1 aliphatic carbocycles. The molecule has 4 heterocycles. The molecule has 4 aromatic heterocycles. The zero-order valence-electron chi connectivity index (χ0n) is 48.6. The van der Waals surface area contributed by atoms with E-state index < -0.39 is 0 Å². The quantitative estimate of drug-likeness (QED) is 0.0869. The Balaban J connectivity index is 1.38. The predicted octanol–water partition coefficient (Wildman–Crippen LogP) is 12.4. The van der Waals surface area contributed by atoms with Crippen LogP contribution < -0.4 is 37.9 Å². The molecule has 4 aromatic carbocycles. The third kappa shape index (κ3) is 13.6. The first-order valence-electron chi connectivity index (χ1n) is 27.6. The SMILES string of the molecule is CC(C)(C)c1cc2c(OCc3cc[n+]([O-])cc3)c(c1)Cc1cc(C(C)(C)C)cc(c1OCc1cc[n+]([O-])cc1)Cc1cc(C(C)(C)C)cc(c1OCc1cc[n+]([O-])cc1)Cc1cc(C(C)(C)C)cc(c1OCc1cc[n+]([O-])cc1)C2. The van der Waals surface area contributed by atoms with Gasteiger partial charge >= 0.3 is 0 Å². The van der Waals surface area contributed by atoms with E-state index in [1.807, 2.05) is 0 Å². The maximum atomic E-state index is 12.3. The van der Waals surface area contributed by atoms with Gasteiger partial charge < -0.3 is 39.8 Å². The molecule has 0 spiro atoms. The van der Waals surface area contributed by atoms with Crippen LogP contribution in [0.4, 0.5) is 0 Å². The molecule has 0 saturated heterocycles. The van der Waals surface area contributed by atoms with Crippen LogP contribution in [0.25, 0.3) is 0 Å². The molecule has 0 atom stereocenters. The first-order chi connectivity index (χ1) is 37.7. The summed E-state index contributed by atoms with van der Waals surface area (Å²) in [5.74, 6) is 2.93. The van der Waals surface area contributed by atoms with Gasteiger partial charge in [-0.3, -0.25) is 0 Å². The topological polar surface area (TPSA) is 145 Å². The van der Waals surface area contributed by atoms with Gasteiger partial charge in [-0.05, 0) is 88.4 Å². The number of aromatic nitrogens is 4. The van der Waals surface area contributed by atoms with Crippen molar-refractivity contribution in [2.75, 3.05) is 0 Å².